The van der Waals surface area contributed by atoms with Gasteiger partial charge in [0.05, 0.1) is 6.10 Å². The van der Waals surface area contributed by atoms with Gasteiger partial charge in [-0.2, -0.15) is 0 Å². The lowest BCUT2D eigenvalue weighted by atomic mass is 10.2. The van der Waals surface area contributed by atoms with E-state index in [1.54, 1.807) is 13.0 Å². The summed E-state index contributed by atoms with van der Waals surface area (Å²) in [6, 6.07) is -0.900. The van der Waals surface area contributed by atoms with E-state index < -0.39 is 18.1 Å². The van der Waals surface area contributed by atoms with Crippen LogP contribution in [0.5, 0.6) is 0 Å². The molecule has 1 fully saturated rings. The first-order valence-corrected chi connectivity index (χ1v) is 5.36. The maximum Gasteiger partial charge on any atom is 0.326 e. The number of nitrogens with zero attached hydrogens (tertiary/aromatic N) is 1. The summed E-state index contributed by atoms with van der Waals surface area (Å²) in [5, 5.41) is 18.3. The topological polar surface area (TPSA) is 77.8 Å². The van der Waals surface area contributed by atoms with Crippen LogP contribution in [-0.4, -0.2) is 45.7 Å². The molecule has 0 aliphatic carbocycles. The van der Waals surface area contributed by atoms with Crippen molar-refractivity contribution < 1.29 is 19.8 Å². The molecule has 0 aromatic rings. The van der Waals surface area contributed by atoms with Gasteiger partial charge in [0.25, 0.3) is 0 Å². The van der Waals surface area contributed by atoms with Gasteiger partial charge in [-0.05, 0) is 13.3 Å². The van der Waals surface area contributed by atoms with E-state index in [0.717, 1.165) is 6.42 Å². The van der Waals surface area contributed by atoms with Crippen molar-refractivity contribution in [1.29, 1.82) is 0 Å². The molecule has 0 spiro atoms. The average molecular weight is 227 g/mol. The van der Waals surface area contributed by atoms with Gasteiger partial charge in [-0.25, -0.2) is 4.79 Å². The van der Waals surface area contributed by atoms with Crippen LogP contribution in [0.3, 0.4) is 0 Å². The lowest BCUT2D eigenvalue weighted by molar-refractivity contribution is -0.146. The van der Waals surface area contributed by atoms with Crippen LogP contribution in [0, 0.1) is 0 Å². The Bertz CT molecular complexity index is 324. The lowest BCUT2D eigenvalue weighted by Gasteiger charge is -2.21. The fourth-order valence-electron chi connectivity index (χ4n) is 1.89. The van der Waals surface area contributed by atoms with E-state index in [0.29, 0.717) is 5.57 Å². The summed E-state index contributed by atoms with van der Waals surface area (Å²) in [6.07, 6.45) is 1.86. The summed E-state index contributed by atoms with van der Waals surface area (Å²) in [5.74, 6) is -1.36. The molecule has 90 valence electrons. The molecule has 1 aliphatic rings. The number of aliphatic hydroxyl groups is 1. The van der Waals surface area contributed by atoms with Gasteiger partial charge in [-0.1, -0.05) is 13.0 Å². The number of hydrogen-bond donors (Lipinski definition) is 2. The van der Waals surface area contributed by atoms with Crippen molar-refractivity contribution in [2.45, 2.75) is 38.8 Å². The zero-order chi connectivity index (χ0) is 12.3. The fourth-order valence-corrected chi connectivity index (χ4v) is 1.89. The number of hydrogen-bond acceptors (Lipinski definition) is 3. The molecule has 1 unspecified atom stereocenters. The summed E-state index contributed by atoms with van der Waals surface area (Å²) in [7, 11) is 0. The van der Waals surface area contributed by atoms with Crippen LogP contribution in [0.4, 0.5) is 0 Å². The first-order valence-electron chi connectivity index (χ1n) is 5.36. The Morgan fingerprint density at radius 2 is 2.12 bits per heavy atom. The highest BCUT2D eigenvalue weighted by atomic mass is 16.4. The Labute approximate surface area is 94.4 Å². The first-order chi connectivity index (χ1) is 7.47. The van der Waals surface area contributed by atoms with Crippen molar-refractivity contribution in [3.63, 3.8) is 0 Å². The second-order valence-corrected chi connectivity index (χ2v) is 4.00. The third-order valence-electron chi connectivity index (χ3n) is 2.67. The SMILES string of the molecule is CC/C=C(/C)C(=O)N1CC(O)C[C@H]1C(=O)O. The summed E-state index contributed by atoms with van der Waals surface area (Å²) < 4.78 is 0. The van der Waals surface area contributed by atoms with Crippen molar-refractivity contribution in [1.82, 2.24) is 4.90 Å². The van der Waals surface area contributed by atoms with Gasteiger partial charge in [-0.15, -0.1) is 0 Å². The third-order valence-corrected chi connectivity index (χ3v) is 2.67. The predicted molar refractivity (Wildman–Crippen MR) is 57.8 cm³/mol. The maximum atomic E-state index is 11.9. The molecule has 1 amide bonds. The molecule has 5 heteroatoms. The molecule has 1 rings (SSSR count). The minimum Gasteiger partial charge on any atom is -0.480 e. The van der Waals surface area contributed by atoms with E-state index in [1.165, 1.54) is 4.90 Å². The van der Waals surface area contributed by atoms with Crippen molar-refractivity contribution >= 4 is 11.9 Å². The number of rotatable bonds is 3. The van der Waals surface area contributed by atoms with Crippen LogP contribution in [0.25, 0.3) is 0 Å². The molecule has 0 bridgehead atoms. The van der Waals surface area contributed by atoms with Gasteiger partial charge in [0.2, 0.25) is 5.91 Å². The maximum absolute atomic E-state index is 11.9. The monoisotopic (exact) mass is 227 g/mol. The number of carbonyl (C=O) groups is 2. The number of aliphatic carboxylic acids is 1. The van der Waals surface area contributed by atoms with Crippen LogP contribution >= 0.6 is 0 Å². The molecule has 0 aromatic heterocycles. The molecule has 1 saturated heterocycles. The Morgan fingerprint density at radius 3 is 2.62 bits per heavy atom. The Kier molecular flexibility index (Phi) is 4.06. The molecule has 0 radical (unpaired) electrons. The molecule has 2 atom stereocenters. The predicted octanol–water partition coefficient (Wildman–Crippen LogP) is 0.389. The average Bonchev–Trinajstić information content (AvgIpc) is 2.59. The smallest absolute Gasteiger partial charge is 0.326 e. The minimum atomic E-state index is -1.06. The van der Waals surface area contributed by atoms with Crippen LogP contribution in [0.15, 0.2) is 11.6 Å². The zero-order valence-electron chi connectivity index (χ0n) is 9.51. The minimum absolute atomic E-state index is 0.102. The van der Waals surface area contributed by atoms with Crippen molar-refractivity contribution in [2.24, 2.45) is 0 Å². The number of carboxylic acids is 1. The standard InChI is InChI=1S/C11H17NO4/c1-3-4-7(2)10(14)12-6-8(13)5-9(12)11(15)16/h4,8-9,13H,3,5-6H2,1-2H3,(H,15,16)/b7-4-/t8?,9-/m0/s1. The number of allylic oxidation sites excluding steroid dienone is 1. The van der Waals surface area contributed by atoms with E-state index >= 15 is 0 Å². The van der Waals surface area contributed by atoms with Crippen LogP contribution in [0.1, 0.15) is 26.7 Å². The second kappa shape index (κ2) is 5.12. The number of likely N-dealkylation sites (tertiary alicyclic amines) is 1. The molecule has 16 heavy (non-hydrogen) atoms. The Balaban J connectivity index is 2.82. The van der Waals surface area contributed by atoms with E-state index in [-0.39, 0.29) is 18.9 Å². The molecule has 1 aliphatic heterocycles. The Morgan fingerprint density at radius 1 is 1.50 bits per heavy atom. The molecular formula is C11H17NO4. The van der Waals surface area contributed by atoms with Gasteiger partial charge < -0.3 is 15.1 Å². The molecule has 1 heterocycles. The summed E-state index contributed by atoms with van der Waals surface area (Å²) in [5.41, 5.74) is 0.530. The van der Waals surface area contributed by atoms with Crippen molar-refractivity contribution in [3.8, 4) is 0 Å². The van der Waals surface area contributed by atoms with E-state index in [1.807, 2.05) is 6.92 Å². The molecule has 0 aromatic carbocycles. The molecule has 0 saturated carbocycles. The van der Waals surface area contributed by atoms with Gasteiger partial charge in [0, 0.05) is 18.5 Å². The summed E-state index contributed by atoms with van der Waals surface area (Å²) in [6.45, 7) is 3.67. The quantitative estimate of drug-likeness (QED) is 0.684. The van der Waals surface area contributed by atoms with Gasteiger partial charge in [-0.3, -0.25) is 4.79 Å². The van der Waals surface area contributed by atoms with Gasteiger partial charge >= 0.3 is 5.97 Å². The zero-order valence-corrected chi connectivity index (χ0v) is 9.51. The third kappa shape index (κ3) is 2.61. The molecule has 5 nitrogen and oxygen atoms in total. The number of carbonyl (C=O) groups excluding carboxylic acids is 1. The highest BCUT2D eigenvalue weighted by Crippen LogP contribution is 2.20. The van der Waals surface area contributed by atoms with Crippen molar-refractivity contribution in [3.05, 3.63) is 11.6 Å². The van der Waals surface area contributed by atoms with Crippen LogP contribution in [0.2, 0.25) is 0 Å². The number of aliphatic hydroxyl groups excluding tert-OH is 1. The number of carboxylic acid groups (broad SMARTS) is 1. The van der Waals surface area contributed by atoms with Gasteiger partial charge in [0.1, 0.15) is 6.04 Å². The van der Waals surface area contributed by atoms with E-state index in [4.69, 9.17) is 5.11 Å². The van der Waals surface area contributed by atoms with Crippen LogP contribution in [-0.2, 0) is 9.59 Å². The number of β-amino-alcohol motifs (C(OH)–C–C–N with tert-alkyl or cyclic N) is 1. The van der Waals surface area contributed by atoms with Gasteiger partial charge in [0.15, 0.2) is 0 Å². The molecular weight excluding hydrogens is 210 g/mol. The highest BCUT2D eigenvalue weighted by molar-refractivity contribution is 5.95. The van der Waals surface area contributed by atoms with Crippen molar-refractivity contribution in [2.75, 3.05) is 6.54 Å². The highest BCUT2D eigenvalue weighted by Gasteiger charge is 2.38. The normalized spacial score (nSPS) is 25.9. The summed E-state index contributed by atoms with van der Waals surface area (Å²) in [4.78, 5) is 24.0. The Hall–Kier alpha value is -1.36. The second-order valence-electron chi connectivity index (χ2n) is 4.00. The lowest BCUT2D eigenvalue weighted by Crippen LogP contribution is -2.41. The van der Waals surface area contributed by atoms with Crippen LogP contribution < -0.4 is 0 Å². The largest absolute Gasteiger partial charge is 0.480 e. The van der Waals surface area contributed by atoms with E-state index in [9.17, 15) is 14.7 Å². The fraction of sp³-hybridized carbons (Fsp3) is 0.636. The summed E-state index contributed by atoms with van der Waals surface area (Å²) >= 11 is 0. The molecule has 2 N–H and O–H groups in total. The number of amides is 1. The first kappa shape index (κ1) is 12.7. The van der Waals surface area contributed by atoms with E-state index in [2.05, 4.69) is 0 Å².